The van der Waals surface area contributed by atoms with Gasteiger partial charge in [-0.3, -0.25) is 4.79 Å². The Balaban J connectivity index is 2.02. The molecule has 0 aromatic heterocycles. The number of carbonyl (C=O) groups is 2. The summed E-state index contributed by atoms with van der Waals surface area (Å²) in [6.45, 7) is 2.36. The van der Waals surface area contributed by atoms with Gasteiger partial charge in [0.2, 0.25) is 0 Å². The molecular weight excluding hydrogens is 443 g/mol. The topological polar surface area (TPSA) is 111 Å². The van der Waals surface area contributed by atoms with Crippen LogP contribution in [0.1, 0.15) is 12.5 Å². The number of urea groups is 1. The lowest BCUT2D eigenvalue weighted by Gasteiger charge is -2.23. The number of benzene rings is 2. The van der Waals surface area contributed by atoms with Gasteiger partial charge in [0.1, 0.15) is 23.0 Å². The molecule has 2 aromatic rings. The highest BCUT2D eigenvalue weighted by Crippen LogP contribution is 2.20. The van der Waals surface area contributed by atoms with Crippen molar-refractivity contribution in [3.05, 3.63) is 59.9 Å². The van der Waals surface area contributed by atoms with Crippen LogP contribution in [0.25, 0.3) is 0 Å². The molecule has 0 heterocycles. The molecule has 0 radical (unpaired) electrons. The Morgan fingerprint density at radius 2 is 1.72 bits per heavy atom. The number of ether oxygens (including phenoxy) is 2. The van der Waals surface area contributed by atoms with Gasteiger partial charge in [-0.05, 0) is 48.9 Å². The lowest BCUT2D eigenvalue weighted by Crippen LogP contribution is -2.43. The second kappa shape index (κ2) is 12.0. The van der Waals surface area contributed by atoms with Crippen molar-refractivity contribution in [2.75, 3.05) is 33.4 Å². The molecule has 174 valence electrons. The molecule has 1 N–H and O–H groups in total. The maximum absolute atomic E-state index is 13.0. The van der Waals surface area contributed by atoms with Gasteiger partial charge in [0, 0.05) is 20.2 Å². The van der Waals surface area contributed by atoms with E-state index in [0.29, 0.717) is 5.56 Å². The molecule has 32 heavy (non-hydrogen) atoms. The van der Waals surface area contributed by atoms with Crippen LogP contribution in [0.2, 0.25) is 0 Å². The van der Waals surface area contributed by atoms with E-state index in [-0.39, 0.29) is 43.5 Å². The van der Waals surface area contributed by atoms with E-state index >= 15 is 0 Å². The molecule has 0 bridgehead atoms. The molecule has 0 aliphatic rings. The van der Waals surface area contributed by atoms with E-state index in [2.05, 4.69) is 5.32 Å². The fraction of sp³-hybridized carbons (Fsp3) is 0.333. The average molecular weight is 469 g/mol. The molecule has 0 saturated heterocycles. The van der Waals surface area contributed by atoms with E-state index < -0.39 is 27.9 Å². The van der Waals surface area contributed by atoms with Crippen molar-refractivity contribution in [1.82, 2.24) is 10.2 Å². The first kappa shape index (κ1) is 25.1. The van der Waals surface area contributed by atoms with E-state index in [1.807, 2.05) is 0 Å². The zero-order chi connectivity index (χ0) is 23.6. The minimum absolute atomic E-state index is 0.0632. The summed E-state index contributed by atoms with van der Waals surface area (Å²) in [5.41, 5.74) is 0.693. The first-order valence-electron chi connectivity index (χ1n) is 9.71. The fourth-order valence-corrected chi connectivity index (χ4v) is 3.50. The maximum atomic E-state index is 13.0. The van der Waals surface area contributed by atoms with E-state index in [9.17, 15) is 22.4 Å². The van der Waals surface area contributed by atoms with Crippen molar-refractivity contribution in [3.8, 4) is 5.75 Å². The third kappa shape index (κ3) is 7.82. The Labute approximate surface area is 186 Å². The molecule has 0 saturated carbocycles. The summed E-state index contributed by atoms with van der Waals surface area (Å²) in [6, 6.07) is 9.91. The number of hydrogen-bond donors (Lipinski definition) is 1. The van der Waals surface area contributed by atoms with Crippen LogP contribution >= 0.6 is 0 Å². The number of nitrogens with zero attached hydrogens (tertiary/aromatic N) is 1. The lowest BCUT2D eigenvalue weighted by atomic mass is 10.2. The van der Waals surface area contributed by atoms with Crippen molar-refractivity contribution in [2.24, 2.45) is 0 Å². The molecule has 11 heteroatoms. The molecule has 2 rings (SSSR count). The predicted molar refractivity (Wildman–Crippen MR) is 113 cm³/mol. The van der Waals surface area contributed by atoms with Crippen LogP contribution in [0.4, 0.5) is 9.18 Å². The van der Waals surface area contributed by atoms with Crippen molar-refractivity contribution in [1.29, 1.82) is 0 Å². The highest BCUT2D eigenvalue weighted by molar-refractivity contribution is 7.87. The number of rotatable bonds is 11. The molecular formula is C21H25FN2O7S. The summed E-state index contributed by atoms with van der Waals surface area (Å²) < 4.78 is 52.5. The number of hydrogen-bond acceptors (Lipinski definition) is 7. The van der Waals surface area contributed by atoms with Crippen molar-refractivity contribution < 1.29 is 36.1 Å². The van der Waals surface area contributed by atoms with E-state index in [0.717, 1.165) is 24.3 Å². The zero-order valence-electron chi connectivity index (χ0n) is 17.7. The number of esters is 1. The smallest absolute Gasteiger partial charge is 0.339 e. The molecule has 2 amide bonds. The van der Waals surface area contributed by atoms with Crippen LogP contribution in [-0.2, 0) is 30.9 Å². The van der Waals surface area contributed by atoms with Crippen molar-refractivity contribution in [3.63, 3.8) is 0 Å². The number of nitrogens with one attached hydrogen (secondary N) is 1. The number of carbonyl (C=O) groups excluding carboxylic acids is 2. The Morgan fingerprint density at radius 3 is 2.31 bits per heavy atom. The normalized spacial score (nSPS) is 11.0. The summed E-state index contributed by atoms with van der Waals surface area (Å²) in [7, 11) is -2.61. The van der Waals surface area contributed by atoms with Crippen LogP contribution in [0.5, 0.6) is 5.75 Å². The average Bonchev–Trinajstić information content (AvgIpc) is 2.76. The van der Waals surface area contributed by atoms with E-state index in [1.54, 1.807) is 19.1 Å². The summed E-state index contributed by atoms with van der Waals surface area (Å²) in [5.74, 6) is -1.04. The zero-order valence-corrected chi connectivity index (χ0v) is 18.6. The summed E-state index contributed by atoms with van der Waals surface area (Å²) in [4.78, 5) is 25.1. The largest absolute Gasteiger partial charge is 0.465 e. The van der Waals surface area contributed by atoms with Gasteiger partial charge in [0.25, 0.3) is 0 Å². The SMILES string of the molecule is CCOC(=O)CNC(=O)N(CCOC)Cc1ccc(OS(=O)(=O)c2ccc(F)cc2)cc1. The van der Waals surface area contributed by atoms with Crippen LogP contribution in [0.15, 0.2) is 53.4 Å². The molecule has 0 aliphatic carbocycles. The standard InChI is InChI=1S/C21H25FN2O7S/c1-3-30-20(25)14-23-21(26)24(12-13-29-2)15-16-4-8-18(9-5-16)31-32(27,28)19-10-6-17(22)7-11-19/h4-11H,3,12-15H2,1-2H3,(H,23,26). The molecule has 9 nitrogen and oxygen atoms in total. The minimum atomic E-state index is -4.11. The Hall–Kier alpha value is -3.18. The van der Waals surface area contributed by atoms with E-state index in [1.165, 1.54) is 24.1 Å². The highest BCUT2D eigenvalue weighted by atomic mass is 32.2. The fourth-order valence-electron chi connectivity index (χ4n) is 2.57. The van der Waals surface area contributed by atoms with E-state index in [4.69, 9.17) is 13.7 Å². The summed E-state index contributed by atoms with van der Waals surface area (Å²) in [6.07, 6.45) is 0. The number of halogens is 1. The number of methoxy groups -OCH3 is 1. The van der Waals surface area contributed by atoms with Crippen LogP contribution < -0.4 is 9.50 Å². The second-order valence-electron chi connectivity index (χ2n) is 6.51. The Kier molecular flexibility index (Phi) is 9.41. The Bertz CT molecular complexity index is 996. The van der Waals surface area contributed by atoms with Gasteiger partial charge in [0.15, 0.2) is 0 Å². The predicted octanol–water partition coefficient (Wildman–Crippen LogP) is 2.31. The molecule has 0 fully saturated rings. The van der Waals surface area contributed by atoms with Gasteiger partial charge in [-0.2, -0.15) is 8.42 Å². The number of amides is 2. The first-order valence-corrected chi connectivity index (χ1v) is 11.1. The molecule has 0 atom stereocenters. The highest BCUT2D eigenvalue weighted by Gasteiger charge is 2.18. The van der Waals surface area contributed by atoms with Crippen LogP contribution in [-0.4, -0.2) is 58.7 Å². The van der Waals surface area contributed by atoms with Crippen LogP contribution in [0.3, 0.4) is 0 Å². The minimum Gasteiger partial charge on any atom is -0.465 e. The third-order valence-electron chi connectivity index (χ3n) is 4.15. The molecule has 2 aromatic carbocycles. The van der Waals surface area contributed by atoms with Crippen LogP contribution in [0, 0.1) is 5.82 Å². The maximum Gasteiger partial charge on any atom is 0.339 e. The van der Waals surface area contributed by atoms with Gasteiger partial charge < -0.3 is 23.9 Å². The quantitative estimate of drug-likeness (QED) is 0.398. The first-order chi connectivity index (χ1) is 15.2. The molecule has 0 unspecified atom stereocenters. The second-order valence-corrected chi connectivity index (χ2v) is 8.06. The Morgan fingerprint density at radius 1 is 1.06 bits per heavy atom. The van der Waals surface area contributed by atoms with Gasteiger partial charge in [0.05, 0.1) is 13.2 Å². The van der Waals surface area contributed by atoms with Gasteiger partial charge in [-0.25, -0.2) is 9.18 Å². The third-order valence-corrected chi connectivity index (χ3v) is 5.41. The molecule has 0 aliphatic heterocycles. The van der Waals surface area contributed by atoms with Crippen molar-refractivity contribution in [2.45, 2.75) is 18.4 Å². The van der Waals surface area contributed by atoms with Gasteiger partial charge >= 0.3 is 22.1 Å². The van der Waals surface area contributed by atoms with Gasteiger partial charge in [-0.1, -0.05) is 12.1 Å². The monoisotopic (exact) mass is 468 g/mol. The molecule has 0 spiro atoms. The summed E-state index contributed by atoms with van der Waals surface area (Å²) in [5, 5.41) is 2.49. The summed E-state index contributed by atoms with van der Waals surface area (Å²) >= 11 is 0. The van der Waals surface area contributed by atoms with Crippen molar-refractivity contribution >= 4 is 22.1 Å². The lowest BCUT2D eigenvalue weighted by molar-refractivity contribution is -0.141. The van der Waals surface area contributed by atoms with Gasteiger partial charge in [-0.15, -0.1) is 0 Å².